The lowest BCUT2D eigenvalue weighted by molar-refractivity contribution is 0.392. The van der Waals surface area contributed by atoms with Gasteiger partial charge < -0.3 is 5.32 Å². The Morgan fingerprint density at radius 2 is 2.10 bits per heavy atom. The Labute approximate surface area is 129 Å². The van der Waals surface area contributed by atoms with Crippen molar-refractivity contribution in [2.45, 2.75) is 45.6 Å². The van der Waals surface area contributed by atoms with Crippen molar-refractivity contribution >= 4 is 9.84 Å². The number of aryl methyl sites for hydroxylation is 1. The van der Waals surface area contributed by atoms with Gasteiger partial charge in [-0.3, -0.25) is 0 Å². The Morgan fingerprint density at radius 3 is 2.71 bits per heavy atom. The number of sulfone groups is 1. The molecule has 1 N–H and O–H groups in total. The zero-order chi connectivity index (χ0) is 15.3. The molecule has 0 aromatic heterocycles. The molecule has 0 amide bonds. The van der Waals surface area contributed by atoms with Gasteiger partial charge in [0.2, 0.25) is 0 Å². The second-order valence-electron chi connectivity index (χ2n) is 6.09. The highest BCUT2D eigenvalue weighted by atomic mass is 32.2. The SMILES string of the molecule is CCCNC(c1cccc(CCC)c1)C1CCS(=O)(=O)C1. The van der Waals surface area contributed by atoms with E-state index in [1.54, 1.807) is 0 Å². The third-order valence-electron chi connectivity index (χ3n) is 4.20. The van der Waals surface area contributed by atoms with Crippen molar-refractivity contribution in [1.82, 2.24) is 5.32 Å². The molecule has 2 atom stereocenters. The van der Waals surface area contributed by atoms with Crippen molar-refractivity contribution < 1.29 is 8.42 Å². The molecule has 1 fully saturated rings. The molecule has 0 aliphatic carbocycles. The Kier molecular flexibility index (Phi) is 5.82. The van der Waals surface area contributed by atoms with E-state index in [9.17, 15) is 8.42 Å². The van der Waals surface area contributed by atoms with Gasteiger partial charge in [-0.1, -0.05) is 44.5 Å². The molecule has 1 aliphatic rings. The molecular weight excluding hydrogens is 282 g/mol. The van der Waals surface area contributed by atoms with Crippen LogP contribution >= 0.6 is 0 Å². The van der Waals surface area contributed by atoms with Gasteiger partial charge >= 0.3 is 0 Å². The molecule has 1 aliphatic heterocycles. The Hall–Kier alpha value is -0.870. The maximum atomic E-state index is 11.8. The van der Waals surface area contributed by atoms with Crippen molar-refractivity contribution in [3.63, 3.8) is 0 Å². The summed E-state index contributed by atoms with van der Waals surface area (Å²) in [7, 11) is -2.83. The summed E-state index contributed by atoms with van der Waals surface area (Å²) in [4.78, 5) is 0. The van der Waals surface area contributed by atoms with Crippen molar-refractivity contribution in [3.05, 3.63) is 35.4 Å². The van der Waals surface area contributed by atoms with Crippen molar-refractivity contribution in [2.24, 2.45) is 5.92 Å². The van der Waals surface area contributed by atoms with E-state index in [1.807, 2.05) is 0 Å². The minimum absolute atomic E-state index is 0.166. The maximum absolute atomic E-state index is 11.8. The van der Waals surface area contributed by atoms with Crippen LogP contribution in [0.2, 0.25) is 0 Å². The lowest BCUT2D eigenvalue weighted by Gasteiger charge is -2.25. The summed E-state index contributed by atoms with van der Waals surface area (Å²) < 4.78 is 23.6. The van der Waals surface area contributed by atoms with Gasteiger partial charge in [-0.2, -0.15) is 0 Å². The van der Waals surface area contributed by atoms with Gasteiger partial charge in [0.1, 0.15) is 0 Å². The van der Waals surface area contributed by atoms with E-state index in [-0.39, 0.29) is 12.0 Å². The second-order valence-corrected chi connectivity index (χ2v) is 8.32. The normalized spacial score (nSPS) is 22.3. The topological polar surface area (TPSA) is 46.2 Å². The average molecular weight is 309 g/mol. The number of rotatable bonds is 7. The molecular formula is C17H27NO2S. The van der Waals surface area contributed by atoms with Crippen molar-refractivity contribution in [2.75, 3.05) is 18.1 Å². The van der Waals surface area contributed by atoms with E-state index in [0.717, 1.165) is 32.2 Å². The molecule has 21 heavy (non-hydrogen) atoms. The molecule has 1 saturated heterocycles. The standard InChI is InChI=1S/C17H27NO2S/c1-3-6-14-7-5-8-15(12-14)17(18-10-4-2)16-9-11-21(19,20)13-16/h5,7-8,12,16-18H,3-4,6,9-11,13H2,1-2H3. The minimum Gasteiger partial charge on any atom is -0.310 e. The molecule has 4 heteroatoms. The van der Waals surface area contributed by atoms with E-state index in [4.69, 9.17) is 0 Å². The monoisotopic (exact) mass is 309 g/mol. The van der Waals surface area contributed by atoms with Gasteiger partial charge in [-0.15, -0.1) is 0 Å². The van der Waals surface area contributed by atoms with Gasteiger partial charge in [-0.05, 0) is 42.9 Å². The van der Waals surface area contributed by atoms with Crippen LogP contribution in [0.5, 0.6) is 0 Å². The molecule has 118 valence electrons. The highest BCUT2D eigenvalue weighted by Gasteiger charge is 2.34. The summed E-state index contributed by atoms with van der Waals surface area (Å²) in [6.07, 6.45) is 4.05. The number of hydrogen-bond acceptors (Lipinski definition) is 3. The van der Waals surface area contributed by atoms with Gasteiger partial charge in [0.25, 0.3) is 0 Å². The average Bonchev–Trinajstić information content (AvgIpc) is 2.80. The van der Waals surface area contributed by atoms with E-state index in [1.165, 1.54) is 11.1 Å². The van der Waals surface area contributed by atoms with Crippen LogP contribution in [0.1, 0.15) is 50.3 Å². The zero-order valence-electron chi connectivity index (χ0n) is 13.1. The molecule has 0 spiro atoms. The van der Waals surface area contributed by atoms with Gasteiger partial charge in [0.15, 0.2) is 9.84 Å². The summed E-state index contributed by atoms with van der Waals surface area (Å²) in [5.41, 5.74) is 2.59. The Bertz CT molecular complexity index is 554. The largest absolute Gasteiger partial charge is 0.310 e. The zero-order valence-corrected chi connectivity index (χ0v) is 14.0. The molecule has 0 saturated carbocycles. The number of hydrogen-bond donors (Lipinski definition) is 1. The highest BCUT2D eigenvalue weighted by Crippen LogP contribution is 2.32. The molecule has 2 rings (SSSR count). The van der Waals surface area contributed by atoms with Crippen LogP contribution in [0.15, 0.2) is 24.3 Å². The van der Waals surface area contributed by atoms with Crippen LogP contribution < -0.4 is 5.32 Å². The summed E-state index contributed by atoms with van der Waals surface area (Å²) in [5.74, 6) is 0.877. The third kappa shape index (κ3) is 4.55. The molecule has 1 heterocycles. The quantitative estimate of drug-likeness (QED) is 0.842. The first-order chi connectivity index (χ1) is 10.1. The predicted molar refractivity (Wildman–Crippen MR) is 88.2 cm³/mol. The lowest BCUT2D eigenvalue weighted by atomic mass is 9.91. The first-order valence-electron chi connectivity index (χ1n) is 8.08. The second kappa shape index (κ2) is 7.41. The predicted octanol–water partition coefficient (Wildman–Crippen LogP) is 3.11. The maximum Gasteiger partial charge on any atom is 0.150 e. The molecule has 0 bridgehead atoms. The molecule has 0 radical (unpaired) electrons. The molecule has 1 aromatic carbocycles. The Balaban J connectivity index is 2.21. The first-order valence-corrected chi connectivity index (χ1v) is 9.90. The van der Waals surface area contributed by atoms with Crippen LogP contribution in [0.4, 0.5) is 0 Å². The number of benzene rings is 1. The number of nitrogens with one attached hydrogen (secondary N) is 1. The van der Waals surface area contributed by atoms with Crippen LogP contribution in [-0.2, 0) is 16.3 Å². The molecule has 3 nitrogen and oxygen atoms in total. The fraction of sp³-hybridized carbons (Fsp3) is 0.647. The van der Waals surface area contributed by atoms with E-state index < -0.39 is 9.84 Å². The summed E-state index contributed by atoms with van der Waals surface area (Å²) in [6, 6.07) is 8.82. The van der Waals surface area contributed by atoms with Crippen LogP contribution in [0.25, 0.3) is 0 Å². The van der Waals surface area contributed by atoms with Crippen LogP contribution in [0.3, 0.4) is 0 Å². The van der Waals surface area contributed by atoms with Crippen molar-refractivity contribution in [1.29, 1.82) is 0 Å². The third-order valence-corrected chi connectivity index (χ3v) is 6.00. The summed E-state index contributed by atoms with van der Waals surface area (Å²) in [5, 5.41) is 3.57. The molecule has 2 unspecified atom stereocenters. The summed E-state index contributed by atoms with van der Waals surface area (Å²) in [6.45, 7) is 5.26. The van der Waals surface area contributed by atoms with E-state index in [0.29, 0.717) is 11.5 Å². The van der Waals surface area contributed by atoms with Crippen LogP contribution in [0, 0.1) is 5.92 Å². The van der Waals surface area contributed by atoms with E-state index in [2.05, 4.69) is 43.4 Å². The fourth-order valence-corrected chi connectivity index (χ4v) is 5.01. The van der Waals surface area contributed by atoms with Gasteiger partial charge in [-0.25, -0.2) is 8.42 Å². The lowest BCUT2D eigenvalue weighted by Crippen LogP contribution is -2.29. The summed E-state index contributed by atoms with van der Waals surface area (Å²) >= 11 is 0. The van der Waals surface area contributed by atoms with Crippen molar-refractivity contribution in [3.8, 4) is 0 Å². The first kappa shape index (κ1) is 16.5. The smallest absolute Gasteiger partial charge is 0.150 e. The highest BCUT2D eigenvalue weighted by molar-refractivity contribution is 7.91. The van der Waals surface area contributed by atoms with Gasteiger partial charge in [0.05, 0.1) is 11.5 Å². The van der Waals surface area contributed by atoms with E-state index >= 15 is 0 Å². The minimum atomic E-state index is -2.83. The Morgan fingerprint density at radius 1 is 1.29 bits per heavy atom. The molecule has 1 aromatic rings. The van der Waals surface area contributed by atoms with Gasteiger partial charge in [0, 0.05) is 6.04 Å². The fourth-order valence-electron chi connectivity index (χ4n) is 3.17. The van der Waals surface area contributed by atoms with Crippen LogP contribution in [-0.4, -0.2) is 26.5 Å².